The lowest BCUT2D eigenvalue weighted by atomic mass is 9.63. The number of ether oxygens (including phenoxy) is 3. The molecule has 7 aliphatic rings. The standard InChI is InChI=1S/C92H143N5O21/c1-9-12-15-16-17-21-30-37-65(73-50-76(103)93(86(73)109)53-60(4)98)38-31-22-18-27-36-45-81(108)118-68(58-116-79(106)43-34-25-19-23-32-41-69(74-51-77(104)94(87(74)110)54-61(5)99)71-48-46-66(39-28-13-10-2)82-84(71)91(114)96(89(82)112)56-63(7)101)59-117-80(107)44-35-26-20-24-33-42-70(75-52-78(105)95(88(75)111)55-62(6)100)72-49-47-67(40-29-14-11-3)83-85(72)92(115)97(90(83)113)57-64(8)102/h13,28,30,37,46-49,60-75,82-85,98-102H,9-12,14-27,29,31-36,38-45,50-59H2,1-8H3/b28-13-,37-30+. The van der Waals surface area contributed by atoms with E-state index in [2.05, 4.69) is 26.0 Å². The summed E-state index contributed by atoms with van der Waals surface area (Å²) in [4.78, 5) is 185. The summed E-state index contributed by atoms with van der Waals surface area (Å²) in [6, 6.07) is 0. The molecule has 5 N–H and O–H groups in total. The largest absolute Gasteiger partial charge is 0.462 e. The van der Waals surface area contributed by atoms with Gasteiger partial charge in [-0.05, 0) is 147 Å². The van der Waals surface area contributed by atoms with E-state index in [0.717, 1.165) is 85.3 Å². The zero-order chi connectivity index (χ0) is 86.1. The maximum absolute atomic E-state index is 14.4. The highest BCUT2D eigenvalue weighted by Gasteiger charge is 2.60. The van der Waals surface area contributed by atoms with Crippen LogP contribution in [0.5, 0.6) is 0 Å². The van der Waals surface area contributed by atoms with Crippen molar-refractivity contribution in [3.8, 4) is 0 Å². The number of unbranched alkanes of at least 4 members (excludes halogenated alkanes) is 19. The molecule has 7 rings (SSSR count). The fraction of sp³-hybridized carbons (Fsp3) is 0.772. The van der Waals surface area contributed by atoms with Gasteiger partial charge in [0.1, 0.15) is 13.2 Å². The fourth-order valence-electron chi connectivity index (χ4n) is 19.3. The minimum Gasteiger partial charge on any atom is -0.462 e. The van der Waals surface area contributed by atoms with E-state index in [1.165, 1.54) is 50.3 Å². The van der Waals surface area contributed by atoms with E-state index in [1.54, 1.807) is 6.92 Å². The molecule has 20 atom stereocenters. The maximum atomic E-state index is 14.4. The molecule has 662 valence electrons. The Morgan fingerprint density at radius 3 is 1.20 bits per heavy atom. The van der Waals surface area contributed by atoms with E-state index in [-0.39, 0.29) is 132 Å². The molecule has 5 saturated heterocycles. The average molecular weight is 1660 g/mol. The SMILES string of the molecule is CC/C=C\CC1C=CC(C(CCCCCCCC(=O)OCC(COC(=O)CCCCCCCC(C2CC(=O)N(CC(C)O)C2=O)C2C=CC(CCCCC)C3C(=O)N(CC(C)O)C(=O)C23)OC(=O)CCCCCCCC(/C=C/CCCCCCC)C2CC(=O)N(CC(C)O)C2=O)C2CC(=O)N(CC(C)O)C2=O)C2C(=O)N(CC(C)O)C(=O)C12. The number of rotatable bonds is 58. The number of likely N-dealkylation sites (tertiary alicyclic amines) is 5. The number of imide groups is 5. The minimum absolute atomic E-state index is 0.0291. The molecule has 5 aliphatic heterocycles. The van der Waals surface area contributed by atoms with Gasteiger partial charge in [-0.1, -0.05) is 191 Å². The summed E-state index contributed by atoms with van der Waals surface area (Å²) in [6.45, 7) is 12.5. The molecule has 0 bridgehead atoms. The monoisotopic (exact) mass is 1650 g/mol. The van der Waals surface area contributed by atoms with Crippen molar-refractivity contribution >= 4 is 77.0 Å². The van der Waals surface area contributed by atoms with Crippen molar-refractivity contribution in [3.63, 3.8) is 0 Å². The molecule has 26 heteroatoms. The van der Waals surface area contributed by atoms with Gasteiger partial charge < -0.3 is 39.7 Å². The molecule has 0 aromatic carbocycles. The number of carbonyl (C=O) groups is 13. The molecule has 5 heterocycles. The molecule has 20 unspecified atom stereocenters. The number of hydrogen-bond acceptors (Lipinski definition) is 21. The van der Waals surface area contributed by atoms with E-state index in [9.17, 15) is 87.9 Å². The number of fused-ring (bicyclic) bond motifs is 2. The van der Waals surface area contributed by atoms with Gasteiger partial charge in [-0.3, -0.25) is 86.8 Å². The van der Waals surface area contributed by atoms with Gasteiger partial charge in [-0.15, -0.1) is 0 Å². The normalized spacial score (nSPS) is 25.7. The summed E-state index contributed by atoms with van der Waals surface area (Å²) in [6.07, 6.45) is 33.1. The molecule has 26 nitrogen and oxygen atoms in total. The molecule has 0 aromatic heterocycles. The first-order chi connectivity index (χ1) is 56.5. The number of nitrogens with zero attached hydrogens (tertiary/aromatic N) is 5. The van der Waals surface area contributed by atoms with Crippen LogP contribution in [0.25, 0.3) is 0 Å². The zero-order valence-corrected chi connectivity index (χ0v) is 72.1. The second-order valence-corrected chi connectivity index (χ2v) is 35.3. The Morgan fingerprint density at radius 1 is 0.390 bits per heavy atom. The average Bonchev–Trinajstić information content (AvgIpc) is 1.59. The molecule has 5 fully saturated rings. The van der Waals surface area contributed by atoms with Crippen molar-refractivity contribution < 1.29 is 102 Å². The summed E-state index contributed by atoms with van der Waals surface area (Å²) in [5.41, 5.74) is 0. The van der Waals surface area contributed by atoms with Gasteiger partial charge in [0.25, 0.3) is 0 Å². The van der Waals surface area contributed by atoms with E-state index in [1.807, 2.05) is 43.4 Å². The van der Waals surface area contributed by atoms with Crippen LogP contribution in [-0.4, -0.2) is 210 Å². The van der Waals surface area contributed by atoms with Crippen molar-refractivity contribution in [2.24, 2.45) is 82.9 Å². The number of aliphatic hydroxyl groups is 5. The van der Waals surface area contributed by atoms with E-state index in [0.29, 0.717) is 109 Å². The summed E-state index contributed by atoms with van der Waals surface area (Å²) in [5, 5.41) is 51.4. The summed E-state index contributed by atoms with van der Waals surface area (Å²) >= 11 is 0. The number of aliphatic hydroxyl groups excluding tert-OH is 5. The number of carbonyl (C=O) groups excluding carboxylic acids is 13. The quantitative estimate of drug-likeness (QED) is 0.0124. The maximum Gasteiger partial charge on any atom is 0.306 e. The van der Waals surface area contributed by atoms with E-state index < -0.39 is 149 Å². The highest BCUT2D eigenvalue weighted by Crippen LogP contribution is 2.52. The first-order valence-corrected chi connectivity index (χ1v) is 45.4. The van der Waals surface area contributed by atoms with Crippen LogP contribution in [0.2, 0.25) is 0 Å². The van der Waals surface area contributed by atoms with Crippen LogP contribution in [0.15, 0.2) is 48.6 Å². The van der Waals surface area contributed by atoms with Gasteiger partial charge >= 0.3 is 17.9 Å². The summed E-state index contributed by atoms with van der Waals surface area (Å²) in [5.74, 6) is -13.0. The first kappa shape index (κ1) is 98.0. The van der Waals surface area contributed by atoms with Crippen LogP contribution in [0, 0.1) is 82.9 Å². The number of allylic oxidation sites excluding steroid dienone is 8. The van der Waals surface area contributed by atoms with Gasteiger partial charge in [-0.2, -0.15) is 0 Å². The Hall–Kier alpha value is -7.13. The van der Waals surface area contributed by atoms with Crippen molar-refractivity contribution in [1.82, 2.24) is 24.5 Å². The summed E-state index contributed by atoms with van der Waals surface area (Å²) in [7, 11) is 0. The van der Waals surface area contributed by atoms with Gasteiger partial charge in [0, 0.05) is 38.5 Å². The number of esters is 3. The lowest BCUT2D eigenvalue weighted by molar-refractivity contribution is -0.167. The zero-order valence-electron chi connectivity index (χ0n) is 72.1. The smallest absolute Gasteiger partial charge is 0.306 e. The number of β-amino-alcohol motifs (C(OH)–C–C–N with tert-alkyl or cyclic N) is 5. The predicted octanol–water partition coefficient (Wildman–Crippen LogP) is 11.7. The third kappa shape index (κ3) is 28.8. The summed E-state index contributed by atoms with van der Waals surface area (Å²) < 4.78 is 17.3. The first-order valence-electron chi connectivity index (χ1n) is 45.4. The Balaban J connectivity index is 0.940. The van der Waals surface area contributed by atoms with Crippen LogP contribution in [0.1, 0.15) is 287 Å². The van der Waals surface area contributed by atoms with Crippen LogP contribution >= 0.6 is 0 Å². The third-order valence-electron chi connectivity index (χ3n) is 25.2. The second kappa shape index (κ2) is 50.3. The van der Waals surface area contributed by atoms with Crippen molar-refractivity contribution in [3.05, 3.63) is 48.6 Å². The molecule has 0 saturated carbocycles. The predicted molar refractivity (Wildman–Crippen MR) is 442 cm³/mol. The van der Waals surface area contributed by atoms with Gasteiger partial charge in [-0.25, -0.2) is 0 Å². The highest BCUT2D eigenvalue weighted by molar-refractivity contribution is 6.08. The van der Waals surface area contributed by atoms with Gasteiger partial charge in [0.2, 0.25) is 59.1 Å². The van der Waals surface area contributed by atoms with Gasteiger partial charge in [0.15, 0.2) is 6.10 Å². The Morgan fingerprint density at radius 2 is 0.754 bits per heavy atom. The van der Waals surface area contributed by atoms with Crippen LogP contribution in [0.3, 0.4) is 0 Å². The Kier molecular flexibility index (Phi) is 41.8. The lowest BCUT2D eigenvalue weighted by Gasteiger charge is -2.38. The molecular formula is C92H143N5O21. The number of hydrogen-bond donors (Lipinski definition) is 5. The Bertz CT molecular complexity index is 3440. The number of amides is 10. The highest BCUT2D eigenvalue weighted by atomic mass is 16.6. The molecule has 0 aromatic rings. The minimum atomic E-state index is -1.12. The fourth-order valence-corrected chi connectivity index (χ4v) is 19.3. The molecule has 0 radical (unpaired) electrons. The molecular weight excluding hydrogens is 1510 g/mol. The molecule has 118 heavy (non-hydrogen) atoms. The topological polar surface area (TPSA) is 367 Å². The van der Waals surface area contributed by atoms with Crippen molar-refractivity contribution in [2.75, 3.05) is 45.9 Å². The second-order valence-electron chi connectivity index (χ2n) is 35.3. The lowest BCUT2D eigenvalue weighted by Crippen LogP contribution is -2.42. The van der Waals surface area contributed by atoms with Crippen molar-refractivity contribution in [1.29, 1.82) is 0 Å². The van der Waals surface area contributed by atoms with Crippen LogP contribution in [0.4, 0.5) is 0 Å². The molecule has 0 spiro atoms. The Labute approximate surface area is 700 Å². The van der Waals surface area contributed by atoms with E-state index in [4.69, 9.17) is 14.2 Å². The van der Waals surface area contributed by atoms with Crippen LogP contribution in [-0.2, 0) is 76.5 Å². The van der Waals surface area contributed by atoms with E-state index >= 15 is 0 Å². The van der Waals surface area contributed by atoms with Crippen LogP contribution < -0.4 is 0 Å². The molecule has 10 amide bonds. The van der Waals surface area contributed by atoms with Crippen molar-refractivity contribution in [2.45, 2.75) is 323 Å². The third-order valence-corrected chi connectivity index (χ3v) is 25.2. The van der Waals surface area contributed by atoms with Gasteiger partial charge in [0.05, 0.1) is 105 Å². The molecule has 2 aliphatic carbocycles.